The lowest BCUT2D eigenvalue weighted by molar-refractivity contribution is -0.122. The van der Waals surface area contributed by atoms with Crippen LogP contribution < -0.4 is 5.32 Å². The zero-order valence-corrected chi connectivity index (χ0v) is 11.4. The van der Waals surface area contributed by atoms with Crippen LogP contribution in [-0.2, 0) is 4.79 Å². The van der Waals surface area contributed by atoms with Gasteiger partial charge in [-0.2, -0.15) is 0 Å². The number of Topliss-reactive ketones (excluding diaryl/α,β-unsaturated/α-hetero) is 1. The molecule has 0 saturated heterocycles. The Morgan fingerprint density at radius 3 is 2.53 bits per heavy atom. The van der Waals surface area contributed by atoms with Gasteiger partial charge in [0.05, 0.1) is 17.3 Å². The van der Waals surface area contributed by atoms with Crippen molar-refractivity contribution < 1.29 is 9.59 Å². The van der Waals surface area contributed by atoms with E-state index in [2.05, 4.69) is 5.32 Å². The molecule has 2 aromatic rings. The molecule has 0 bridgehead atoms. The summed E-state index contributed by atoms with van der Waals surface area (Å²) in [5, 5.41) is 4.54. The minimum absolute atomic E-state index is 0.0521. The van der Waals surface area contributed by atoms with Gasteiger partial charge in [-0.05, 0) is 23.9 Å². The summed E-state index contributed by atoms with van der Waals surface area (Å²) in [4.78, 5) is 24.4. The monoisotopic (exact) mass is 273 g/mol. The van der Waals surface area contributed by atoms with Crippen LogP contribution in [0.5, 0.6) is 0 Å². The summed E-state index contributed by atoms with van der Waals surface area (Å²) < 4.78 is 0. The summed E-state index contributed by atoms with van der Waals surface area (Å²) in [6.07, 6.45) is 0. The summed E-state index contributed by atoms with van der Waals surface area (Å²) in [7, 11) is 0. The van der Waals surface area contributed by atoms with Crippen molar-refractivity contribution in [3.8, 4) is 0 Å². The van der Waals surface area contributed by atoms with Crippen molar-refractivity contribution in [1.29, 1.82) is 0 Å². The average Bonchev–Trinajstić information content (AvgIpc) is 2.98. The first kappa shape index (κ1) is 13.5. The highest BCUT2D eigenvalue weighted by Crippen LogP contribution is 2.14. The van der Waals surface area contributed by atoms with Crippen LogP contribution in [0.4, 0.5) is 0 Å². The molecule has 19 heavy (non-hydrogen) atoms. The summed E-state index contributed by atoms with van der Waals surface area (Å²) in [5.41, 5.74) is 0.948. The minimum atomic E-state index is -0.252. The Morgan fingerprint density at radius 1 is 1.16 bits per heavy atom. The second kappa shape index (κ2) is 6.29. The molecule has 0 aliphatic heterocycles. The highest BCUT2D eigenvalue weighted by atomic mass is 32.1. The van der Waals surface area contributed by atoms with Crippen LogP contribution in [0.1, 0.15) is 28.1 Å². The van der Waals surface area contributed by atoms with Crippen LogP contribution >= 0.6 is 11.3 Å². The van der Waals surface area contributed by atoms with Gasteiger partial charge in [-0.3, -0.25) is 9.59 Å². The fourth-order valence-electron chi connectivity index (χ4n) is 1.74. The van der Waals surface area contributed by atoms with E-state index in [4.69, 9.17) is 0 Å². The highest BCUT2D eigenvalue weighted by Gasteiger charge is 2.16. The molecule has 3 nitrogen and oxygen atoms in total. The number of amides is 1. The lowest BCUT2D eigenvalue weighted by atomic mass is 10.0. The van der Waals surface area contributed by atoms with E-state index in [0.717, 1.165) is 5.56 Å². The van der Waals surface area contributed by atoms with E-state index >= 15 is 0 Å². The molecule has 4 heteroatoms. The molecule has 0 fully saturated rings. The molecule has 98 valence electrons. The van der Waals surface area contributed by atoms with E-state index in [1.807, 2.05) is 48.7 Å². The summed E-state index contributed by atoms with van der Waals surface area (Å²) in [6, 6.07) is 13.1. The van der Waals surface area contributed by atoms with Gasteiger partial charge in [0.25, 0.3) is 0 Å². The molecule has 1 heterocycles. The number of thiophene rings is 1. The van der Waals surface area contributed by atoms with E-state index in [9.17, 15) is 9.59 Å². The second-order valence-corrected chi connectivity index (χ2v) is 5.20. The standard InChI is InChI=1S/C15H15NO2S/c1-11(12-6-3-2-4-7-12)15(18)16-10-13(17)14-8-5-9-19-14/h2-9,11H,10H2,1H3,(H,16,18)/t11-/m1/s1. The summed E-state index contributed by atoms with van der Waals surface area (Å²) >= 11 is 1.39. The molecular formula is C15H15NO2S. The molecule has 0 unspecified atom stereocenters. The Bertz CT molecular complexity index is 549. The molecule has 1 N–H and O–H groups in total. The van der Waals surface area contributed by atoms with Crippen LogP contribution in [0.25, 0.3) is 0 Å². The predicted molar refractivity (Wildman–Crippen MR) is 76.5 cm³/mol. The van der Waals surface area contributed by atoms with Crippen molar-refractivity contribution in [1.82, 2.24) is 5.32 Å². The lowest BCUT2D eigenvalue weighted by Crippen LogP contribution is -2.32. The van der Waals surface area contributed by atoms with Crippen molar-refractivity contribution in [3.05, 3.63) is 58.3 Å². The maximum absolute atomic E-state index is 12.0. The number of nitrogens with one attached hydrogen (secondary N) is 1. The first-order valence-electron chi connectivity index (χ1n) is 6.08. The van der Waals surface area contributed by atoms with E-state index in [1.54, 1.807) is 6.07 Å². The Hall–Kier alpha value is -1.94. The van der Waals surface area contributed by atoms with Crippen molar-refractivity contribution in [2.75, 3.05) is 6.54 Å². The molecule has 0 aliphatic carbocycles. The Labute approximate surface area is 116 Å². The first-order valence-corrected chi connectivity index (χ1v) is 6.96. The summed E-state index contributed by atoms with van der Waals surface area (Å²) in [5.74, 6) is -0.433. The van der Waals surface area contributed by atoms with Gasteiger partial charge in [0.15, 0.2) is 5.78 Å². The van der Waals surface area contributed by atoms with Crippen LogP contribution in [-0.4, -0.2) is 18.2 Å². The van der Waals surface area contributed by atoms with Gasteiger partial charge in [0, 0.05) is 0 Å². The molecule has 0 spiro atoms. The maximum Gasteiger partial charge on any atom is 0.227 e. The molecule has 0 saturated carbocycles. The Balaban J connectivity index is 1.90. The first-order chi connectivity index (χ1) is 9.18. The third-order valence-electron chi connectivity index (χ3n) is 2.91. The van der Waals surface area contributed by atoms with Crippen LogP contribution in [0.3, 0.4) is 0 Å². The third-order valence-corrected chi connectivity index (χ3v) is 3.82. The largest absolute Gasteiger partial charge is 0.348 e. The Kier molecular flexibility index (Phi) is 4.47. The van der Waals surface area contributed by atoms with Gasteiger partial charge < -0.3 is 5.32 Å². The fraction of sp³-hybridized carbons (Fsp3) is 0.200. The number of benzene rings is 1. The van der Waals surface area contributed by atoms with E-state index in [1.165, 1.54) is 11.3 Å². The summed E-state index contributed by atoms with van der Waals surface area (Å²) in [6.45, 7) is 1.89. The number of hydrogen-bond acceptors (Lipinski definition) is 3. The van der Waals surface area contributed by atoms with Gasteiger partial charge in [-0.15, -0.1) is 11.3 Å². The van der Waals surface area contributed by atoms with Crippen LogP contribution in [0.15, 0.2) is 47.8 Å². The van der Waals surface area contributed by atoms with Crippen LogP contribution in [0.2, 0.25) is 0 Å². The van der Waals surface area contributed by atoms with Crippen molar-refractivity contribution in [3.63, 3.8) is 0 Å². The Morgan fingerprint density at radius 2 is 1.89 bits per heavy atom. The smallest absolute Gasteiger partial charge is 0.227 e. The number of hydrogen-bond donors (Lipinski definition) is 1. The number of ketones is 1. The second-order valence-electron chi connectivity index (χ2n) is 4.25. The van der Waals surface area contributed by atoms with Gasteiger partial charge >= 0.3 is 0 Å². The number of carbonyl (C=O) groups is 2. The van der Waals surface area contributed by atoms with Gasteiger partial charge in [0.1, 0.15) is 0 Å². The van der Waals surface area contributed by atoms with Gasteiger partial charge in [-0.1, -0.05) is 36.4 Å². The normalized spacial score (nSPS) is 11.8. The zero-order valence-electron chi connectivity index (χ0n) is 10.6. The average molecular weight is 273 g/mol. The quantitative estimate of drug-likeness (QED) is 0.851. The van der Waals surface area contributed by atoms with E-state index in [0.29, 0.717) is 4.88 Å². The van der Waals surface area contributed by atoms with Gasteiger partial charge in [0.2, 0.25) is 5.91 Å². The van der Waals surface area contributed by atoms with Crippen LogP contribution in [0, 0.1) is 0 Å². The molecule has 1 atom stereocenters. The number of carbonyl (C=O) groups excluding carboxylic acids is 2. The molecule has 0 aliphatic rings. The third kappa shape index (κ3) is 3.51. The highest BCUT2D eigenvalue weighted by molar-refractivity contribution is 7.12. The zero-order chi connectivity index (χ0) is 13.7. The minimum Gasteiger partial charge on any atom is -0.348 e. The lowest BCUT2D eigenvalue weighted by Gasteiger charge is -2.11. The molecule has 0 radical (unpaired) electrons. The molecular weight excluding hydrogens is 258 g/mol. The molecule has 1 aromatic carbocycles. The van der Waals surface area contributed by atoms with Crippen molar-refractivity contribution in [2.45, 2.75) is 12.8 Å². The molecule has 1 aromatic heterocycles. The fourth-order valence-corrected chi connectivity index (χ4v) is 2.40. The molecule has 1 amide bonds. The number of rotatable bonds is 5. The van der Waals surface area contributed by atoms with Gasteiger partial charge in [-0.25, -0.2) is 0 Å². The van der Waals surface area contributed by atoms with Crippen molar-refractivity contribution >= 4 is 23.0 Å². The predicted octanol–water partition coefficient (Wildman–Crippen LogP) is 2.85. The SMILES string of the molecule is C[C@@H](C(=O)NCC(=O)c1cccs1)c1ccccc1. The van der Waals surface area contributed by atoms with Crippen molar-refractivity contribution in [2.24, 2.45) is 0 Å². The van der Waals surface area contributed by atoms with E-state index in [-0.39, 0.29) is 24.2 Å². The van der Waals surface area contributed by atoms with E-state index < -0.39 is 0 Å². The topological polar surface area (TPSA) is 46.2 Å². The molecule has 2 rings (SSSR count). The maximum atomic E-state index is 12.0.